The zero-order chi connectivity index (χ0) is 15.6. The van der Waals surface area contributed by atoms with E-state index in [0.717, 1.165) is 5.56 Å². The minimum atomic E-state index is -1.09. The number of hydrogen-bond donors (Lipinski definition) is 3. The summed E-state index contributed by atoms with van der Waals surface area (Å²) in [4.78, 5) is 23.4. The molecule has 0 heterocycles. The second-order valence-corrected chi connectivity index (χ2v) is 5.40. The molecule has 0 saturated carbocycles. The Morgan fingerprint density at radius 3 is 2.52 bits per heavy atom. The standard InChI is InChI=1S/C15H13BrN2O3/c1-8-2-5-13(10(6-8)15(20)21)18-14(19)9-3-4-11(16)12(17)7-9/h2-7H,17H2,1H3,(H,18,19)(H,20,21). The van der Waals surface area contributed by atoms with Crippen molar-refractivity contribution in [2.45, 2.75) is 6.92 Å². The largest absolute Gasteiger partial charge is 0.478 e. The summed E-state index contributed by atoms with van der Waals surface area (Å²) in [6.45, 7) is 1.79. The van der Waals surface area contributed by atoms with Crippen LogP contribution in [0.1, 0.15) is 26.3 Å². The molecule has 0 bridgehead atoms. The number of carboxylic acids is 1. The van der Waals surface area contributed by atoms with Crippen LogP contribution in [0.3, 0.4) is 0 Å². The molecule has 2 rings (SSSR count). The lowest BCUT2D eigenvalue weighted by Crippen LogP contribution is -2.15. The predicted molar refractivity (Wildman–Crippen MR) is 84.6 cm³/mol. The monoisotopic (exact) mass is 348 g/mol. The van der Waals surface area contributed by atoms with E-state index < -0.39 is 11.9 Å². The third-order valence-corrected chi connectivity index (χ3v) is 3.63. The normalized spacial score (nSPS) is 10.2. The van der Waals surface area contributed by atoms with Crippen molar-refractivity contribution < 1.29 is 14.7 Å². The molecule has 6 heteroatoms. The molecule has 21 heavy (non-hydrogen) atoms. The molecule has 2 aromatic rings. The van der Waals surface area contributed by atoms with Crippen LogP contribution in [-0.2, 0) is 0 Å². The van der Waals surface area contributed by atoms with Gasteiger partial charge in [-0.25, -0.2) is 4.79 Å². The van der Waals surface area contributed by atoms with Gasteiger partial charge in [0.05, 0.1) is 11.3 Å². The highest BCUT2D eigenvalue weighted by atomic mass is 79.9. The number of carboxylic acid groups (broad SMARTS) is 1. The molecule has 0 aliphatic carbocycles. The van der Waals surface area contributed by atoms with Crippen molar-refractivity contribution in [2.24, 2.45) is 0 Å². The zero-order valence-corrected chi connectivity index (χ0v) is 12.8. The predicted octanol–water partition coefficient (Wildman–Crippen LogP) is 3.29. The van der Waals surface area contributed by atoms with Gasteiger partial charge in [0.15, 0.2) is 0 Å². The molecule has 1 amide bonds. The molecule has 0 aliphatic rings. The Labute approximate surface area is 129 Å². The summed E-state index contributed by atoms with van der Waals surface area (Å²) in [5.74, 6) is -1.51. The number of carbonyl (C=O) groups is 2. The van der Waals surface area contributed by atoms with Gasteiger partial charge in [-0.2, -0.15) is 0 Å². The van der Waals surface area contributed by atoms with E-state index in [1.54, 1.807) is 31.2 Å². The van der Waals surface area contributed by atoms with E-state index >= 15 is 0 Å². The molecule has 5 nitrogen and oxygen atoms in total. The average molecular weight is 349 g/mol. The number of amides is 1. The first-order valence-corrected chi connectivity index (χ1v) is 6.88. The highest BCUT2D eigenvalue weighted by Gasteiger charge is 2.14. The third kappa shape index (κ3) is 3.41. The van der Waals surface area contributed by atoms with Gasteiger partial charge < -0.3 is 16.2 Å². The maximum Gasteiger partial charge on any atom is 0.337 e. The minimum Gasteiger partial charge on any atom is -0.478 e. The maximum absolute atomic E-state index is 12.2. The molecule has 108 valence electrons. The Morgan fingerprint density at radius 2 is 1.90 bits per heavy atom. The van der Waals surface area contributed by atoms with Crippen LogP contribution in [0.2, 0.25) is 0 Å². The van der Waals surface area contributed by atoms with Gasteiger partial charge >= 0.3 is 5.97 Å². The minimum absolute atomic E-state index is 0.0495. The first-order chi connectivity index (χ1) is 9.88. The van der Waals surface area contributed by atoms with E-state index in [-0.39, 0.29) is 11.3 Å². The van der Waals surface area contributed by atoms with Crippen molar-refractivity contribution in [1.82, 2.24) is 0 Å². The fourth-order valence-corrected chi connectivity index (χ4v) is 2.07. The Bertz CT molecular complexity index is 729. The van der Waals surface area contributed by atoms with Crippen LogP contribution in [0, 0.1) is 6.92 Å². The Morgan fingerprint density at radius 1 is 1.19 bits per heavy atom. The lowest BCUT2D eigenvalue weighted by molar-refractivity contribution is 0.0698. The molecule has 4 N–H and O–H groups in total. The van der Waals surface area contributed by atoms with Crippen molar-refractivity contribution in [2.75, 3.05) is 11.1 Å². The van der Waals surface area contributed by atoms with Crippen LogP contribution in [-0.4, -0.2) is 17.0 Å². The van der Waals surface area contributed by atoms with Gasteiger partial charge in [0.25, 0.3) is 5.91 Å². The van der Waals surface area contributed by atoms with Crippen LogP contribution in [0.15, 0.2) is 40.9 Å². The Balaban J connectivity index is 2.31. The Hall–Kier alpha value is -2.34. The van der Waals surface area contributed by atoms with Crippen molar-refractivity contribution in [3.05, 3.63) is 57.6 Å². The Kier molecular flexibility index (Phi) is 4.28. The summed E-state index contributed by atoms with van der Waals surface area (Å²) in [5.41, 5.74) is 7.62. The summed E-state index contributed by atoms with van der Waals surface area (Å²) in [7, 11) is 0. The van der Waals surface area contributed by atoms with Crippen LogP contribution in [0.25, 0.3) is 0 Å². The molecule has 0 unspecified atom stereocenters. The molecule has 0 atom stereocenters. The van der Waals surface area contributed by atoms with Crippen LogP contribution < -0.4 is 11.1 Å². The fourth-order valence-electron chi connectivity index (χ4n) is 1.82. The van der Waals surface area contributed by atoms with E-state index in [1.165, 1.54) is 12.1 Å². The average Bonchev–Trinajstić information content (AvgIpc) is 2.43. The molecular formula is C15H13BrN2O3. The van der Waals surface area contributed by atoms with Crippen LogP contribution >= 0.6 is 15.9 Å². The lowest BCUT2D eigenvalue weighted by Gasteiger charge is -2.10. The molecule has 0 aliphatic heterocycles. The number of benzene rings is 2. The van der Waals surface area contributed by atoms with Crippen molar-refractivity contribution in [3.63, 3.8) is 0 Å². The quantitative estimate of drug-likeness (QED) is 0.742. The molecule has 0 aromatic heterocycles. The highest BCUT2D eigenvalue weighted by molar-refractivity contribution is 9.10. The second kappa shape index (κ2) is 5.97. The number of hydrogen-bond acceptors (Lipinski definition) is 3. The number of aryl methyl sites for hydroxylation is 1. The van der Waals surface area contributed by atoms with Crippen molar-refractivity contribution in [1.29, 1.82) is 0 Å². The lowest BCUT2D eigenvalue weighted by atomic mass is 10.1. The van der Waals surface area contributed by atoms with E-state index in [1.807, 2.05) is 0 Å². The number of halogens is 1. The first kappa shape index (κ1) is 15.1. The molecule has 2 aromatic carbocycles. The number of nitrogens with two attached hydrogens (primary N) is 1. The fraction of sp³-hybridized carbons (Fsp3) is 0.0667. The maximum atomic E-state index is 12.2. The van der Waals surface area contributed by atoms with E-state index in [0.29, 0.717) is 15.7 Å². The zero-order valence-electron chi connectivity index (χ0n) is 11.2. The van der Waals surface area contributed by atoms with Gasteiger partial charge in [-0.1, -0.05) is 11.6 Å². The number of carbonyl (C=O) groups excluding carboxylic acids is 1. The van der Waals surface area contributed by atoms with Crippen LogP contribution in [0.4, 0.5) is 11.4 Å². The van der Waals surface area contributed by atoms with Gasteiger partial charge in [-0.3, -0.25) is 4.79 Å². The van der Waals surface area contributed by atoms with Gasteiger partial charge in [-0.15, -0.1) is 0 Å². The van der Waals surface area contributed by atoms with Gasteiger partial charge in [-0.05, 0) is 53.2 Å². The number of nitrogen functional groups attached to an aromatic ring is 1. The second-order valence-electron chi connectivity index (χ2n) is 4.54. The van der Waals surface area contributed by atoms with Gasteiger partial charge in [0, 0.05) is 15.7 Å². The summed E-state index contributed by atoms with van der Waals surface area (Å²) in [6, 6.07) is 9.60. The highest BCUT2D eigenvalue weighted by Crippen LogP contribution is 2.22. The van der Waals surface area contributed by atoms with E-state index in [4.69, 9.17) is 5.73 Å². The summed E-state index contributed by atoms with van der Waals surface area (Å²) in [5, 5.41) is 11.8. The van der Waals surface area contributed by atoms with E-state index in [2.05, 4.69) is 21.2 Å². The topological polar surface area (TPSA) is 92.4 Å². The summed E-state index contributed by atoms with van der Waals surface area (Å²) in [6.07, 6.45) is 0. The first-order valence-electron chi connectivity index (χ1n) is 6.09. The number of nitrogens with one attached hydrogen (secondary N) is 1. The van der Waals surface area contributed by atoms with Crippen molar-refractivity contribution >= 4 is 39.2 Å². The van der Waals surface area contributed by atoms with E-state index in [9.17, 15) is 14.7 Å². The number of rotatable bonds is 3. The van der Waals surface area contributed by atoms with Crippen molar-refractivity contribution in [3.8, 4) is 0 Å². The number of aromatic carboxylic acids is 1. The van der Waals surface area contributed by atoms with Gasteiger partial charge in [0.1, 0.15) is 0 Å². The molecule has 0 saturated heterocycles. The van der Waals surface area contributed by atoms with Crippen LogP contribution in [0.5, 0.6) is 0 Å². The smallest absolute Gasteiger partial charge is 0.337 e. The molecule has 0 radical (unpaired) electrons. The van der Waals surface area contributed by atoms with Gasteiger partial charge in [0.2, 0.25) is 0 Å². The molecular weight excluding hydrogens is 336 g/mol. The SMILES string of the molecule is Cc1ccc(NC(=O)c2ccc(Br)c(N)c2)c(C(=O)O)c1. The summed E-state index contributed by atoms with van der Waals surface area (Å²) >= 11 is 3.25. The number of anilines is 2. The molecule has 0 spiro atoms. The molecule has 0 fully saturated rings. The third-order valence-electron chi connectivity index (χ3n) is 2.91. The summed E-state index contributed by atoms with van der Waals surface area (Å²) < 4.78 is 0.695.